The second kappa shape index (κ2) is 7.31. The van der Waals surface area contributed by atoms with Gasteiger partial charge in [0.05, 0.1) is 29.7 Å². The number of hydrogen-bond donors (Lipinski definition) is 3. The second-order valence-electron chi connectivity index (χ2n) is 8.06. The lowest BCUT2D eigenvalue weighted by Crippen LogP contribution is -2.59. The van der Waals surface area contributed by atoms with Crippen LogP contribution in [0.25, 0.3) is 0 Å². The van der Waals surface area contributed by atoms with E-state index >= 15 is 0 Å². The summed E-state index contributed by atoms with van der Waals surface area (Å²) in [6, 6.07) is 1.37. The van der Waals surface area contributed by atoms with Gasteiger partial charge in [0.15, 0.2) is 8.32 Å². The van der Waals surface area contributed by atoms with Gasteiger partial charge in [0.1, 0.15) is 0 Å². The van der Waals surface area contributed by atoms with Crippen molar-refractivity contribution < 1.29 is 14.3 Å². The Labute approximate surface area is 150 Å². The number of anilines is 2. The average molecular weight is 367 g/mol. The standard InChI is InChI=1S/C17H30N4O3Si/c1-17(2,3)25(4,5)24-15-11-20-9-7-14(15)21(16(22)23)13-6-8-19-10-12(13)18/h6,8,10,14-15,20H,7,9,11,18H2,1-5H3,(H,22,23). The van der Waals surface area contributed by atoms with Crippen LogP contribution >= 0.6 is 0 Å². The van der Waals surface area contributed by atoms with Crippen molar-refractivity contribution in [1.29, 1.82) is 0 Å². The van der Waals surface area contributed by atoms with Crippen LogP contribution in [0.4, 0.5) is 16.2 Å². The minimum Gasteiger partial charge on any atom is -0.465 e. The highest BCUT2D eigenvalue weighted by molar-refractivity contribution is 6.74. The molecule has 140 valence electrons. The average Bonchev–Trinajstić information content (AvgIpc) is 2.49. The Morgan fingerprint density at radius 2 is 2.16 bits per heavy atom. The fraction of sp³-hybridized carbons (Fsp3) is 0.647. The number of rotatable bonds is 4. The fourth-order valence-corrected chi connectivity index (χ4v) is 4.18. The summed E-state index contributed by atoms with van der Waals surface area (Å²) in [6.07, 6.45) is 2.49. The molecule has 0 aromatic carbocycles. The normalized spacial score (nSPS) is 21.8. The Balaban J connectivity index is 2.35. The van der Waals surface area contributed by atoms with Gasteiger partial charge < -0.3 is 20.6 Å². The highest BCUT2D eigenvalue weighted by Crippen LogP contribution is 2.39. The molecule has 7 nitrogen and oxygen atoms in total. The summed E-state index contributed by atoms with van der Waals surface area (Å²) in [6.45, 7) is 12.3. The van der Waals surface area contributed by atoms with E-state index in [-0.39, 0.29) is 17.2 Å². The maximum absolute atomic E-state index is 12.0. The largest absolute Gasteiger partial charge is 0.465 e. The quantitative estimate of drug-likeness (QED) is 0.708. The summed E-state index contributed by atoms with van der Waals surface area (Å²) in [5.74, 6) is 0. The van der Waals surface area contributed by atoms with Crippen molar-refractivity contribution in [3.05, 3.63) is 18.5 Å². The van der Waals surface area contributed by atoms with Gasteiger partial charge >= 0.3 is 6.09 Å². The highest BCUT2D eigenvalue weighted by Gasteiger charge is 2.43. The number of nitrogens with zero attached hydrogens (tertiary/aromatic N) is 2. The molecule has 2 atom stereocenters. The molecule has 1 aliphatic heterocycles. The summed E-state index contributed by atoms with van der Waals surface area (Å²) < 4.78 is 6.56. The van der Waals surface area contributed by atoms with E-state index in [1.165, 1.54) is 11.1 Å². The van der Waals surface area contributed by atoms with Crippen molar-refractivity contribution in [3.63, 3.8) is 0 Å². The molecule has 2 unspecified atom stereocenters. The number of amides is 1. The van der Waals surface area contributed by atoms with Crippen LogP contribution in [0.3, 0.4) is 0 Å². The van der Waals surface area contributed by atoms with E-state index in [0.29, 0.717) is 24.3 Å². The molecule has 1 amide bonds. The van der Waals surface area contributed by atoms with Gasteiger partial charge in [-0.15, -0.1) is 0 Å². The van der Waals surface area contributed by atoms with Crippen LogP contribution in [0, 0.1) is 0 Å². The minimum absolute atomic E-state index is 0.0543. The van der Waals surface area contributed by atoms with Gasteiger partial charge in [0.25, 0.3) is 0 Å². The zero-order valence-corrected chi connectivity index (χ0v) is 16.7. The summed E-state index contributed by atoms with van der Waals surface area (Å²) in [5.41, 5.74) is 6.82. The molecule has 2 rings (SSSR count). The molecule has 1 aromatic rings. The van der Waals surface area contributed by atoms with E-state index in [1.54, 1.807) is 12.3 Å². The summed E-state index contributed by atoms with van der Waals surface area (Å²) in [4.78, 5) is 17.4. The van der Waals surface area contributed by atoms with Gasteiger partial charge in [-0.2, -0.15) is 0 Å². The molecular formula is C17H30N4O3Si. The predicted octanol–water partition coefficient (Wildman–Crippen LogP) is 2.90. The van der Waals surface area contributed by atoms with Crippen molar-refractivity contribution in [2.45, 2.75) is 57.5 Å². The van der Waals surface area contributed by atoms with Gasteiger partial charge in [-0.05, 0) is 37.2 Å². The van der Waals surface area contributed by atoms with E-state index in [0.717, 1.165) is 6.54 Å². The number of aromatic nitrogens is 1. The van der Waals surface area contributed by atoms with E-state index in [1.807, 2.05) is 0 Å². The SMILES string of the molecule is CC(C)(C)[Si](C)(C)OC1CNCCC1N(C(=O)O)c1ccncc1N. The summed E-state index contributed by atoms with van der Waals surface area (Å²) in [5, 5.41) is 13.3. The van der Waals surface area contributed by atoms with E-state index < -0.39 is 14.4 Å². The monoisotopic (exact) mass is 366 g/mol. The summed E-state index contributed by atoms with van der Waals surface area (Å²) in [7, 11) is -2.03. The van der Waals surface area contributed by atoms with Gasteiger partial charge in [-0.1, -0.05) is 20.8 Å². The Bertz CT molecular complexity index is 618. The summed E-state index contributed by atoms with van der Waals surface area (Å²) >= 11 is 0. The predicted molar refractivity (Wildman–Crippen MR) is 102 cm³/mol. The minimum atomic E-state index is -2.03. The molecule has 0 radical (unpaired) electrons. The lowest BCUT2D eigenvalue weighted by Gasteiger charge is -2.45. The number of nitrogens with two attached hydrogens (primary N) is 1. The first-order chi connectivity index (χ1) is 11.5. The van der Waals surface area contributed by atoms with E-state index in [4.69, 9.17) is 10.2 Å². The third kappa shape index (κ3) is 4.31. The molecule has 0 saturated carbocycles. The van der Waals surface area contributed by atoms with Gasteiger partial charge in [0.2, 0.25) is 0 Å². The molecule has 1 aliphatic rings. The Morgan fingerprint density at radius 3 is 2.72 bits per heavy atom. The van der Waals surface area contributed by atoms with Crippen LogP contribution in [-0.2, 0) is 4.43 Å². The number of carbonyl (C=O) groups is 1. The van der Waals surface area contributed by atoms with Crippen molar-refractivity contribution >= 4 is 25.8 Å². The van der Waals surface area contributed by atoms with Crippen LogP contribution in [0.2, 0.25) is 18.1 Å². The molecule has 8 heteroatoms. The molecule has 25 heavy (non-hydrogen) atoms. The lowest BCUT2D eigenvalue weighted by molar-refractivity contribution is 0.119. The molecule has 0 spiro atoms. The van der Waals surface area contributed by atoms with Gasteiger partial charge in [-0.3, -0.25) is 9.88 Å². The molecule has 2 heterocycles. The topological polar surface area (TPSA) is 101 Å². The van der Waals surface area contributed by atoms with Crippen molar-refractivity contribution in [2.75, 3.05) is 23.7 Å². The van der Waals surface area contributed by atoms with Crippen LogP contribution in [0.5, 0.6) is 0 Å². The third-order valence-corrected chi connectivity index (χ3v) is 9.77. The van der Waals surface area contributed by atoms with Crippen LogP contribution in [-0.4, -0.2) is 49.7 Å². The Morgan fingerprint density at radius 1 is 1.48 bits per heavy atom. The Hall–Kier alpha value is -1.64. The molecule has 0 aliphatic carbocycles. The first-order valence-electron chi connectivity index (χ1n) is 8.65. The number of nitrogen functional groups attached to an aromatic ring is 1. The van der Waals surface area contributed by atoms with Crippen molar-refractivity contribution in [2.24, 2.45) is 0 Å². The Kier molecular flexibility index (Phi) is 5.75. The van der Waals surface area contributed by atoms with Crippen molar-refractivity contribution in [1.82, 2.24) is 10.3 Å². The zero-order chi connectivity index (χ0) is 18.8. The molecule has 4 N–H and O–H groups in total. The van der Waals surface area contributed by atoms with E-state index in [2.05, 4.69) is 44.2 Å². The third-order valence-electron chi connectivity index (χ3n) is 5.27. The zero-order valence-electron chi connectivity index (χ0n) is 15.7. The highest BCUT2D eigenvalue weighted by atomic mass is 28.4. The van der Waals surface area contributed by atoms with Gasteiger partial charge in [0, 0.05) is 12.7 Å². The molecular weight excluding hydrogens is 336 g/mol. The fourth-order valence-electron chi connectivity index (χ4n) is 2.83. The van der Waals surface area contributed by atoms with E-state index in [9.17, 15) is 9.90 Å². The van der Waals surface area contributed by atoms with Crippen LogP contribution < -0.4 is 16.0 Å². The smallest absolute Gasteiger partial charge is 0.412 e. The number of pyridine rings is 1. The molecule has 1 aromatic heterocycles. The number of nitrogens with one attached hydrogen (secondary N) is 1. The first kappa shape index (κ1) is 19.7. The molecule has 1 saturated heterocycles. The van der Waals surface area contributed by atoms with Gasteiger partial charge in [-0.25, -0.2) is 4.79 Å². The van der Waals surface area contributed by atoms with Crippen molar-refractivity contribution in [3.8, 4) is 0 Å². The number of carboxylic acid groups (broad SMARTS) is 1. The number of piperidine rings is 1. The van der Waals surface area contributed by atoms with Crippen LogP contribution in [0.1, 0.15) is 27.2 Å². The molecule has 1 fully saturated rings. The molecule has 0 bridgehead atoms. The van der Waals surface area contributed by atoms with Crippen LogP contribution in [0.15, 0.2) is 18.5 Å². The second-order valence-corrected chi connectivity index (χ2v) is 12.8. The number of hydrogen-bond acceptors (Lipinski definition) is 5. The maximum atomic E-state index is 12.0. The first-order valence-corrected chi connectivity index (χ1v) is 11.6. The maximum Gasteiger partial charge on any atom is 0.412 e. The lowest BCUT2D eigenvalue weighted by atomic mass is 10.0.